The third kappa shape index (κ3) is 3.04. The summed E-state index contributed by atoms with van der Waals surface area (Å²) in [4.78, 5) is 5.18. The summed E-state index contributed by atoms with van der Waals surface area (Å²) < 4.78 is 12.1. The molecule has 0 saturated heterocycles. The lowest BCUT2D eigenvalue weighted by atomic mass is 9.43. The van der Waals surface area contributed by atoms with E-state index < -0.39 is 10.9 Å². The maximum Gasteiger partial charge on any atom is 0.282 e. The van der Waals surface area contributed by atoms with Gasteiger partial charge >= 0.3 is 0 Å². The summed E-state index contributed by atoms with van der Waals surface area (Å²) in [5.74, 6) is 1.64. The van der Waals surface area contributed by atoms with Gasteiger partial charge in [0.05, 0.1) is 11.5 Å². The van der Waals surface area contributed by atoms with Crippen molar-refractivity contribution in [2.75, 3.05) is 7.11 Å². The standard InChI is InChI=1S/C24H38B2N2O2/c1-14(2)6-7-17-8-9-18-13-22(11-15(3)20(29-5)16(4)12-22)23(19(18)10-17)24(25,26)30-21(27)28-23/h8-10,14-16,20H,6-7,11-13,25-26H2,1-5H3,(H2,27,28)/t15-,16+,20+,22+,23?. The van der Waals surface area contributed by atoms with E-state index in [0.717, 1.165) is 25.7 Å². The van der Waals surface area contributed by atoms with Crippen molar-refractivity contribution in [2.45, 2.75) is 76.8 Å². The summed E-state index contributed by atoms with van der Waals surface area (Å²) in [6.07, 6.45) is 5.80. The Morgan fingerprint density at radius 1 is 1.23 bits per heavy atom. The predicted octanol–water partition coefficient (Wildman–Crippen LogP) is 2.36. The molecular formula is C24H38B2N2O2. The smallest absolute Gasteiger partial charge is 0.282 e. The lowest BCUT2D eigenvalue weighted by molar-refractivity contribution is -0.0865. The van der Waals surface area contributed by atoms with Gasteiger partial charge in [0.2, 0.25) is 0 Å². The van der Waals surface area contributed by atoms with Crippen LogP contribution in [0.15, 0.2) is 23.2 Å². The SMILES string of the molecule is BC1(B)OC(N)=NC12c1cc(CCC(C)C)ccc1C[C@@]21C[C@@H](C)[C@H](OC)[C@@H](C)C1. The third-order valence-electron chi connectivity index (χ3n) is 8.20. The van der Waals surface area contributed by atoms with Gasteiger partial charge in [-0.15, -0.1) is 0 Å². The van der Waals surface area contributed by atoms with E-state index in [0.29, 0.717) is 29.9 Å². The molecule has 1 unspecified atom stereocenters. The molecule has 2 aliphatic carbocycles. The summed E-state index contributed by atoms with van der Waals surface area (Å²) in [6, 6.07) is 7.46. The van der Waals surface area contributed by atoms with Gasteiger partial charge < -0.3 is 15.2 Å². The van der Waals surface area contributed by atoms with Crippen molar-refractivity contribution in [1.82, 2.24) is 0 Å². The minimum Gasteiger partial charge on any atom is -0.475 e. The van der Waals surface area contributed by atoms with Crippen LogP contribution in [0.25, 0.3) is 0 Å². The van der Waals surface area contributed by atoms with Gasteiger partial charge in [-0.1, -0.05) is 45.9 Å². The first-order valence-electron chi connectivity index (χ1n) is 11.7. The van der Waals surface area contributed by atoms with Crippen molar-refractivity contribution in [3.8, 4) is 0 Å². The molecule has 162 valence electrons. The highest BCUT2D eigenvalue weighted by atomic mass is 16.5. The average Bonchev–Trinajstić information content (AvgIpc) is 3.04. The number of rotatable bonds is 4. The highest BCUT2D eigenvalue weighted by molar-refractivity contribution is 6.41. The molecule has 1 heterocycles. The Morgan fingerprint density at radius 3 is 2.43 bits per heavy atom. The lowest BCUT2D eigenvalue weighted by Gasteiger charge is -2.55. The minimum absolute atomic E-state index is 0.00445. The summed E-state index contributed by atoms with van der Waals surface area (Å²) in [6.45, 7) is 9.26. The quantitative estimate of drug-likeness (QED) is 0.779. The van der Waals surface area contributed by atoms with Gasteiger partial charge in [-0.25, -0.2) is 4.99 Å². The molecule has 1 aliphatic heterocycles. The van der Waals surface area contributed by atoms with E-state index in [1.54, 1.807) is 0 Å². The normalized spacial score (nSPS) is 36.9. The molecule has 2 spiro atoms. The van der Waals surface area contributed by atoms with Crippen LogP contribution in [0, 0.1) is 23.2 Å². The fourth-order valence-corrected chi connectivity index (χ4v) is 7.32. The van der Waals surface area contributed by atoms with Crippen LogP contribution in [0.3, 0.4) is 0 Å². The van der Waals surface area contributed by atoms with Crippen LogP contribution < -0.4 is 5.73 Å². The second kappa shape index (κ2) is 7.32. The maximum atomic E-state index is 6.27. The zero-order valence-corrected chi connectivity index (χ0v) is 19.9. The van der Waals surface area contributed by atoms with Gasteiger partial charge in [0, 0.05) is 12.5 Å². The molecule has 0 radical (unpaired) electrons. The number of ether oxygens (including phenoxy) is 2. The first-order valence-corrected chi connectivity index (χ1v) is 11.7. The maximum absolute atomic E-state index is 6.27. The number of hydrogen-bond acceptors (Lipinski definition) is 4. The van der Waals surface area contributed by atoms with E-state index in [-0.39, 0.29) is 5.41 Å². The Hall–Kier alpha value is -1.42. The number of fused-ring (bicyclic) bond motifs is 3. The Bertz CT molecular complexity index is 842. The van der Waals surface area contributed by atoms with Crippen LogP contribution in [0.1, 0.15) is 63.6 Å². The van der Waals surface area contributed by atoms with Crippen LogP contribution >= 0.6 is 0 Å². The second-order valence-electron chi connectivity index (χ2n) is 11.2. The van der Waals surface area contributed by atoms with Crippen LogP contribution in [0.4, 0.5) is 0 Å². The monoisotopic (exact) mass is 408 g/mol. The molecule has 4 nitrogen and oxygen atoms in total. The summed E-state index contributed by atoms with van der Waals surface area (Å²) >= 11 is 0. The van der Waals surface area contributed by atoms with Crippen molar-refractivity contribution >= 4 is 21.7 Å². The lowest BCUT2D eigenvalue weighted by Crippen LogP contribution is -2.61. The number of hydrogen-bond donors (Lipinski definition) is 1. The molecule has 0 bridgehead atoms. The number of amidine groups is 1. The van der Waals surface area contributed by atoms with Crippen LogP contribution in [0.5, 0.6) is 0 Å². The van der Waals surface area contributed by atoms with E-state index in [2.05, 4.69) is 61.6 Å². The van der Waals surface area contributed by atoms with Crippen LogP contribution in [-0.2, 0) is 27.9 Å². The third-order valence-corrected chi connectivity index (χ3v) is 8.20. The number of nitrogens with two attached hydrogens (primary N) is 1. The summed E-state index contributed by atoms with van der Waals surface area (Å²) in [5.41, 5.74) is 10.0. The van der Waals surface area contributed by atoms with Crippen molar-refractivity contribution in [3.05, 3.63) is 34.9 Å². The van der Waals surface area contributed by atoms with Gasteiger partial charge in [-0.05, 0) is 66.5 Å². The number of aryl methyl sites for hydroxylation is 1. The van der Waals surface area contributed by atoms with Crippen molar-refractivity contribution in [1.29, 1.82) is 0 Å². The van der Waals surface area contributed by atoms with E-state index in [9.17, 15) is 0 Å². The van der Waals surface area contributed by atoms with Gasteiger partial charge in [0.1, 0.15) is 5.54 Å². The topological polar surface area (TPSA) is 56.8 Å². The van der Waals surface area contributed by atoms with Crippen LogP contribution in [-0.4, -0.2) is 40.3 Å². The Morgan fingerprint density at radius 2 is 1.90 bits per heavy atom. The van der Waals surface area contributed by atoms with Gasteiger partial charge in [-0.3, -0.25) is 0 Å². The second-order valence-corrected chi connectivity index (χ2v) is 11.2. The molecule has 3 aliphatic rings. The number of aliphatic imine (C=N–C) groups is 1. The molecule has 0 amide bonds. The van der Waals surface area contributed by atoms with Crippen LogP contribution in [0.2, 0.25) is 0 Å². The Kier molecular flexibility index (Phi) is 5.32. The largest absolute Gasteiger partial charge is 0.475 e. The molecule has 1 aromatic carbocycles. The van der Waals surface area contributed by atoms with Crippen molar-refractivity contribution in [2.24, 2.45) is 33.9 Å². The minimum atomic E-state index is -0.474. The van der Waals surface area contributed by atoms with Crippen molar-refractivity contribution < 1.29 is 9.47 Å². The molecule has 6 heteroatoms. The molecule has 0 aromatic heterocycles. The number of methoxy groups -OCH3 is 1. The van der Waals surface area contributed by atoms with E-state index in [1.807, 2.05) is 7.11 Å². The molecule has 1 fully saturated rings. The zero-order valence-electron chi connectivity index (χ0n) is 19.9. The molecule has 5 atom stereocenters. The highest BCUT2D eigenvalue weighted by Crippen LogP contribution is 2.66. The zero-order chi connectivity index (χ0) is 21.9. The van der Waals surface area contributed by atoms with E-state index >= 15 is 0 Å². The van der Waals surface area contributed by atoms with E-state index in [1.165, 1.54) is 23.1 Å². The fourth-order valence-electron chi connectivity index (χ4n) is 7.32. The number of nitrogens with zero attached hydrogens (tertiary/aromatic N) is 1. The molecule has 2 N–H and O–H groups in total. The molecule has 4 rings (SSSR count). The predicted molar refractivity (Wildman–Crippen MR) is 128 cm³/mol. The number of benzene rings is 1. The Labute approximate surface area is 184 Å². The van der Waals surface area contributed by atoms with Crippen molar-refractivity contribution in [3.63, 3.8) is 0 Å². The molecule has 1 aromatic rings. The molecular weight excluding hydrogens is 370 g/mol. The summed E-state index contributed by atoms with van der Waals surface area (Å²) in [7, 11) is 6.23. The average molecular weight is 408 g/mol. The molecule has 30 heavy (non-hydrogen) atoms. The molecule has 1 saturated carbocycles. The van der Waals surface area contributed by atoms with Gasteiger partial charge in [0.25, 0.3) is 6.02 Å². The Balaban J connectivity index is 1.85. The first kappa shape index (κ1) is 21.8. The summed E-state index contributed by atoms with van der Waals surface area (Å²) in [5, 5.41) is -0.474. The van der Waals surface area contributed by atoms with E-state index in [4.69, 9.17) is 20.2 Å². The van der Waals surface area contributed by atoms with Gasteiger partial charge in [0.15, 0.2) is 15.7 Å². The fraction of sp³-hybridized carbons (Fsp3) is 0.708. The first-order chi connectivity index (χ1) is 14.0. The van der Waals surface area contributed by atoms with Gasteiger partial charge in [-0.2, -0.15) is 0 Å². The highest BCUT2D eigenvalue weighted by Gasteiger charge is 2.69.